The maximum absolute atomic E-state index is 12.7. The van der Waals surface area contributed by atoms with E-state index < -0.39 is 0 Å². The van der Waals surface area contributed by atoms with Crippen molar-refractivity contribution in [3.63, 3.8) is 0 Å². The van der Waals surface area contributed by atoms with Gasteiger partial charge in [0.05, 0.1) is 6.42 Å². The van der Waals surface area contributed by atoms with Gasteiger partial charge in [0, 0.05) is 18.6 Å². The molecule has 0 aliphatic rings. The lowest BCUT2D eigenvalue weighted by Gasteiger charge is -1.96. The zero-order chi connectivity index (χ0) is 12.3. The Morgan fingerprint density at radius 1 is 1.41 bits per heavy atom. The summed E-state index contributed by atoms with van der Waals surface area (Å²) in [5.41, 5.74) is 0.763. The van der Waals surface area contributed by atoms with Gasteiger partial charge in [-0.25, -0.2) is 4.39 Å². The van der Waals surface area contributed by atoms with Crippen molar-refractivity contribution in [2.45, 2.75) is 6.42 Å². The van der Waals surface area contributed by atoms with Crippen LogP contribution in [0.1, 0.15) is 5.56 Å². The van der Waals surface area contributed by atoms with Crippen LogP contribution in [0.4, 0.5) is 4.39 Å². The molecule has 0 aliphatic heterocycles. The summed E-state index contributed by atoms with van der Waals surface area (Å²) in [6.07, 6.45) is 2.03. The van der Waals surface area contributed by atoms with E-state index in [1.807, 2.05) is 18.6 Å². The van der Waals surface area contributed by atoms with Crippen LogP contribution < -0.4 is 4.80 Å². The topological polar surface area (TPSA) is 34.4 Å². The SMILES string of the molecule is Cn1ccsc1=NC(=O)Cc1ccc(F)cc1. The number of carbonyl (C=O) groups is 1. The number of aromatic nitrogens is 1. The van der Waals surface area contributed by atoms with Crippen molar-refractivity contribution in [1.29, 1.82) is 0 Å². The average molecular weight is 250 g/mol. The molecule has 17 heavy (non-hydrogen) atoms. The number of amides is 1. The molecule has 0 unspecified atom stereocenters. The van der Waals surface area contributed by atoms with Crippen LogP contribution >= 0.6 is 11.3 Å². The number of rotatable bonds is 2. The van der Waals surface area contributed by atoms with Gasteiger partial charge in [0.2, 0.25) is 0 Å². The van der Waals surface area contributed by atoms with Crippen LogP contribution in [-0.2, 0) is 18.3 Å². The fourth-order valence-corrected chi connectivity index (χ4v) is 2.10. The van der Waals surface area contributed by atoms with Gasteiger partial charge in [-0.3, -0.25) is 4.79 Å². The first-order chi connectivity index (χ1) is 8.15. The van der Waals surface area contributed by atoms with E-state index in [4.69, 9.17) is 0 Å². The van der Waals surface area contributed by atoms with Gasteiger partial charge in [-0.05, 0) is 17.7 Å². The normalized spacial score (nSPS) is 11.8. The second kappa shape index (κ2) is 5.05. The molecule has 5 heteroatoms. The number of benzene rings is 1. The molecule has 0 saturated carbocycles. The van der Waals surface area contributed by atoms with Crippen molar-refractivity contribution in [3.8, 4) is 0 Å². The van der Waals surface area contributed by atoms with Gasteiger partial charge in [-0.1, -0.05) is 12.1 Å². The summed E-state index contributed by atoms with van der Waals surface area (Å²) in [7, 11) is 1.83. The van der Waals surface area contributed by atoms with E-state index in [1.165, 1.54) is 23.5 Å². The van der Waals surface area contributed by atoms with Gasteiger partial charge in [0.25, 0.3) is 5.91 Å². The van der Waals surface area contributed by atoms with Crippen LogP contribution in [0.15, 0.2) is 40.8 Å². The van der Waals surface area contributed by atoms with Gasteiger partial charge < -0.3 is 4.57 Å². The molecule has 0 bridgehead atoms. The van der Waals surface area contributed by atoms with Crippen LogP contribution in [0, 0.1) is 5.82 Å². The minimum absolute atomic E-state index is 0.193. The molecular formula is C12H11FN2OS. The first kappa shape index (κ1) is 11.7. The fourth-order valence-electron chi connectivity index (χ4n) is 1.36. The minimum Gasteiger partial charge on any atom is -0.327 e. The molecule has 0 fully saturated rings. The Labute approximate surface area is 102 Å². The monoisotopic (exact) mass is 250 g/mol. The Balaban J connectivity index is 2.13. The van der Waals surface area contributed by atoms with E-state index >= 15 is 0 Å². The van der Waals surface area contributed by atoms with E-state index in [0.29, 0.717) is 4.80 Å². The van der Waals surface area contributed by atoms with Crippen LogP contribution in [0.2, 0.25) is 0 Å². The Kier molecular flexibility index (Phi) is 3.49. The summed E-state index contributed by atoms with van der Waals surface area (Å²) in [5.74, 6) is -0.530. The predicted octanol–water partition coefficient (Wildman–Crippen LogP) is 1.90. The molecule has 0 aliphatic carbocycles. The molecule has 0 atom stereocenters. The zero-order valence-corrected chi connectivity index (χ0v) is 10.1. The van der Waals surface area contributed by atoms with E-state index in [-0.39, 0.29) is 18.1 Å². The molecule has 88 valence electrons. The Morgan fingerprint density at radius 3 is 2.71 bits per heavy atom. The van der Waals surface area contributed by atoms with Gasteiger partial charge in [-0.15, -0.1) is 11.3 Å². The molecule has 2 rings (SSSR count). The molecule has 0 radical (unpaired) electrons. The number of hydrogen-bond donors (Lipinski definition) is 0. The molecule has 1 amide bonds. The molecule has 0 spiro atoms. The number of nitrogens with zero attached hydrogens (tertiary/aromatic N) is 2. The molecular weight excluding hydrogens is 239 g/mol. The Hall–Kier alpha value is -1.75. The average Bonchev–Trinajstić information content (AvgIpc) is 2.68. The number of thiazole rings is 1. The highest BCUT2D eigenvalue weighted by Gasteiger charge is 2.02. The van der Waals surface area contributed by atoms with Crippen molar-refractivity contribution in [3.05, 3.63) is 52.0 Å². The number of halogens is 1. The van der Waals surface area contributed by atoms with E-state index in [2.05, 4.69) is 4.99 Å². The molecule has 2 aromatic rings. The smallest absolute Gasteiger partial charge is 0.252 e. The standard InChI is InChI=1S/C12H11FN2OS/c1-15-6-7-17-12(15)14-11(16)8-9-2-4-10(13)5-3-9/h2-7H,8H2,1H3. The van der Waals surface area contributed by atoms with Crippen molar-refractivity contribution in [2.75, 3.05) is 0 Å². The largest absolute Gasteiger partial charge is 0.327 e. The fraction of sp³-hybridized carbons (Fsp3) is 0.167. The Bertz CT molecular complexity index is 583. The zero-order valence-electron chi connectivity index (χ0n) is 9.26. The van der Waals surface area contributed by atoms with Crippen LogP contribution in [0.3, 0.4) is 0 Å². The maximum Gasteiger partial charge on any atom is 0.252 e. The number of carbonyl (C=O) groups excluding carboxylic acids is 1. The summed E-state index contributed by atoms with van der Waals surface area (Å²) in [4.78, 5) is 16.3. The summed E-state index contributed by atoms with van der Waals surface area (Å²) < 4.78 is 14.5. The summed E-state index contributed by atoms with van der Waals surface area (Å²) >= 11 is 1.41. The second-order valence-corrected chi connectivity index (χ2v) is 4.48. The van der Waals surface area contributed by atoms with Crippen molar-refractivity contribution < 1.29 is 9.18 Å². The van der Waals surface area contributed by atoms with Crippen LogP contribution in [0.5, 0.6) is 0 Å². The predicted molar refractivity (Wildman–Crippen MR) is 64.0 cm³/mol. The molecule has 1 aromatic heterocycles. The third kappa shape index (κ3) is 3.10. The highest BCUT2D eigenvalue weighted by atomic mass is 32.1. The highest BCUT2D eigenvalue weighted by molar-refractivity contribution is 7.07. The third-order valence-corrected chi connectivity index (χ3v) is 3.10. The molecule has 1 aromatic carbocycles. The lowest BCUT2D eigenvalue weighted by molar-refractivity contribution is -0.117. The first-order valence-corrected chi connectivity index (χ1v) is 5.95. The lowest BCUT2D eigenvalue weighted by Crippen LogP contribution is -2.13. The maximum atomic E-state index is 12.7. The number of aryl methyl sites for hydroxylation is 1. The third-order valence-electron chi connectivity index (χ3n) is 2.25. The van der Waals surface area contributed by atoms with E-state index in [0.717, 1.165) is 5.56 Å². The van der Waals surface area contributed by atoms with Crippen LogP contribution in [0.25, 0.3) is 0 Å². The molecule has 0 saturated heterocycles. The minimum atomic E-state index is -0.303. The van der Waals surface area contributed by atoms with Crippen molar-refractivity contribution in [2.24, 2.45) is 12.0 Å². The first-order valence-electron chi connectivity index (χ1n) is 5.07. The quantitative estimate of drug-likeness (QED) is 0.801. The van der Waals surface area contributed by atoms with Crippen LogP contribution in [-0.4, -0.2) is 10.5 Å². The van der Waals surface area contributed by atoms with Gasteiger partial charge in [-0.2, -0.15) is 4.99 Å². The molecule has 3 nitrogen and oxygen atoms in total. The Morgan fingerprint density at radius 2 is 2.12 bits per heavy atom. The summed E-state index contributed by atoms with van der Waals surface area (Å²) in [6.45, 7) is 0. The number of hydrogen-bond acceptors (Lipinski definition) is 2. The van der Waals surface area contributed by atoms with E-state index in [1.54, 1.807) is 16.7 Å². The highest BCUT2D eigenvalue weighted by Crippen LogP contribution is 2.04. The summed E-state index contributed by atoms with van der Waals surface area (Å²) in [5, 5.41) is 1.87. The van der Waals surface area contributed by atoms with Gasteiger partial charge >= 0.3 is 0 Å². The van der Waals surface area contributed by atoms with Crippen molar-refractivity contribution >= 4 is 17.2 Å². The molecule has 0 N–H and O–H groups in total. The second-order valence-electron chi connectivity index (χ2n) is 3.61. The molecule has 1 heterocycles. The van der Waals surface area contributed by atoms with Gasteiger partial charge in [0.1, 0.15) is 5.82 Å². The van der Waals surface area contributed by atoms with Gasteiger partial charge in [0.15, 0.2) is 4.80 Å². The van der Waals surface area contributed by atoms with Crippen molar-refractivity contribution in [1.82, 2.24) is 4.57 Å². The summed E-state index contributed by atoms with van der Waals surface area (Å²) in [6, 6.07) is 5.87. The lowest BCUT2D eigenvalue weighted by atomic mass is 10.1. The van der Waals surface area contributed by atoms with E-state index in [9.17, 15) is 9.18 Å².